The molecule has 134 valence electrons. The van der Waals surface area contributed by atoms with Crippen LogP contribution in [0.2, 0.25) is 0 Å². The summed E-state index contributed by atoms with van der Waals surface area (Å²) >= 11 is 0. The average Bonchev–Trinajstić information content (AvgIpc) is 3.13. The van der Waals surface area contributed by atoms with Crippen molar-refractivity contribution in [1.29, 1.82) is 0 Å². The molecule has 1 fully saturated rings. The van der Waals surface area contributed by atoms with Crippen molar-refractivity contribution < 1.29 is 9.53 Å². The molecule has 2 aromatic heterocycles. The van der Waals surface area contributed by atoms with Crippen molar-refractivity contribution in [2.45, 2.75) is 19.9 Å². The van der Waals surface area contributed by atoms with Gasteiger partial charge in [0.05, 0.1) is 7.11 Å². The molecule has 0 radical (unpaired) electrons. The van der Waals surface area contributed by atoms with Crippen LogP contribution in [0.25, 0.3) is 0 Å². The van der Waals surface area contributed by atoms with Gasteiger partial charge in [0.1, 0.15) is 11.4 Å². The maximum absolute atomic E-state index is 12.7. The van der Waals surface area contributed by atoms with Crippen LogP contribution in [0.15, 0.2) is 30.7 Å². The molecule has 7 heteroatoms. The Bertz CT molecular complexity index is 707. The number of nitrogens with zero attached hydrogens (tertiary/aromatic N) is 5. The maximum Gasteiger partial charge on any atom is 0.259 e. The number of carbonyl (C=O) groups is 1. The second-order valence-electron chi connectivity index (χ2n) is 6.08. The lowest BCUT2D eigenvalue weighted by Gasteiger charge is -2.35. The third kappa shape index (κ3) is 3.99. The first-order valence-electron chi connectivity index (χ1n) is 8.73. The molecule has 0 spiro atoms. The summed E-state index contributed by atoms with van der Waals surface area (Å²) in [4.78, 5) is 25.4. The highest BCUT2D eigenvalue weighted by molar-refractivity contribution is 5.96. The molecule has 1 amide bonds. The monoisotopic (exact) mass is 343 g/mol. The minimum atomic E-state index is -0.00696. The molecule has 0 unspecified atom stereocenters. The van der Waals surface area contributed by atoms with Gasteiger partial charge in [0, 0.05) is 64.3 Å². The summed E-state index contributed by atoms with van der Waals surface area (Å²) in [6, 6.07) is 3.54. The Balaban J connectivity index is 1.52. The molecule has 0 aliphatic carbocycles. The van der Waals surface area contributed by atoms with E-state index >= 15 is 0 Å². The van der Waals surface area contributed by atoms with Gasteiger partial charge in [-0.15, -0.1) is 0 Å². The molecular formula is C18H25N5O2. The predicted octanol–water partition coefficient (Wildman–Crippen LogP) is 1.31. The van der Waals surface area contributed by atoms with Crippen LogP contribution in [-0.2, 0) is 13.0 Å². The molecular weight excluding hydrogens is 318 g/mol. The Labute approximate surface area is 148 Å². The van der Waals surface area contributed by atoms with Gasteiger partial charge >= 0.3 is 0 Å². The second-order valence-corrected chi connectivity index (χ2v) is 6.08. The van der Waals surface area contributed by atoms with Gasteiger partial charge in [-0.1, -0.05) is 6.92 Å². The summed E-state index contributed by atoms with van der Waals surface area (Å²) in [7, 11) is 1.54. The fourth-order valence-electron chi connectivity index (χ4n) is 3.17. The van der Waals surface area contributed by atoms with E-state index in [0.29, 0.717) is 11.4 Å². The molecule has 1 aliphatic rings. The van der Waals surface area contributed by atoms with Crippen molar-refractivity contribution in [3.63, 3.8) is 0 Å². The summed E-state index contributed by atoms with van der Waals surface area (Å²) in [6.45, 7) is 7.24. The van der Waals surface area contributed by atoms with Crippen LogP contribution in [0.5, 0.6) is 5.88 Å². The second kappa shape index (κ2) is 8.11. The highest BCUT2D eigenvalue weighted by Gasteiger charge is 2.24. The van der Waals surface area contributed by atoms with Crippen LogP contribution in [0.3, 0.4) is 0 Å². The topological polar surface area (TPSA) is 63.5 Å². The minimum Gasteiger partial charge on any atom is -0.480 e. The van der Waals surface area contributed by atoms with E-state index in [1.54, 1.807) is 18.3 Å². The quantitative estimate of drug-likeness (QED) is 0.791. The summed E-state index contributed by atoms with van der Waals surface area (Å²) in [5.41, 5.74) is 0.532. The third-order valence-electron chi connectivity index (χ3n) is 4.63. The first-order valence-corrected chi connectivity index (χ1v) is 8.73. The van der Waals surface area contributed by atoms with E-state index in [4.69, 9.17) is 4.74 Å². The van der Waals surface area contributed by atoms with Crippen LogP contribution in [-0.4, -0.2) is 70.1 Å². The molecule has 0 bridgehead atoms. The zero-order valence-electron chi connectivity index (χ0n) is 14.9. The standard InChI is InChI=1S/C18H25N5O2/c1-3-16-19-7-8-22(16)12-9-21-10-13-23(14-11-21)18(24)15-5-4-6-20-17(15)25-2/h4-8H,3,9-14H2,1-2H3. The van der Waals surface area contributed by atoms with Crippen LogP contribution >= 0.6 is 0 Å². The Morgan fingerprint density at radius 2 is 1.96 bits per heavy atom. The Morgan fingerprint density at radius 1 is 1.16 bits per heavy atom. The Morgan fingerprint density at radius 3 is 2.68 bits per heavy atom. The summed E-state index contributed by atoms with van der Waals surface area (Å²) < 4.78 is 7.41. The van der Waals surface area contributed by atoms with Gasteiger partial charge < -0.3 is 14.2 Å². The summed E-state index contributed by atoms with van der Waals surface area (Å²) in [5.74, 6) is 1.51. The van der Waals surface area contributed by atoms with Crippen LogP contribution in [0.1, 0.15) is 23.1 Å². The number of aromatic nitrogens is 3. The first-order chi connectivity index (χ1) is 12.2. The number of hydrogen-bond acceptors (Lipinski definition) is 5. The van der Waals surface area contributed by atoms with Crippen LogP contribution in [0.4, 0.5) is 0 Å². The van der Waals surface area contributed by atoms with Crippen molar-refractivity contribution >= 4 is 5.91 Å². The normalized spacial score (nSPS) is 15.4. The lowest BCUT2D eigenvalue weighted by molar-refractivity contribution is 0.0629. The number of piperazine rings is 1. The van der Waals surface area contributed by atoms with Crippen molar-refractivity contribution in [1.82, 2.24) is 24.3 Å². The smallest absolute Gasteiger partial charge is 0.259 e. The molecule has 2 aromatic rings. The molecule has 0 N–H and O–H groups in total. The third-order valence-corrected chi connectivity index (χ3v) is 4.63. The van der Waals surface area contributed by atoms with Gasteiger partial charge in [-0.3, -0.25) is 9.69 Å². The summed E-state index contributed by atoms with van der Waals surface area (Å²) in [6.07, 6.45) is 6.47. The molecule has 1 aliphatic heterocycles. The number of carbonyl (C=O) groups excluding carboxylic acids is 1. The maximum atomic E-state index is 12.7. The van der Waals surface area contributed by atoms with Crippen molar-refractivity contribution in [2.75, 3.05) is 39.8 Å². The van der Waals surface area contributed by atoms with E-state index in [1.165, 1.54) is 7.11 Å². The van der Waals surface area contributed by atoms with Gasteiger partial charge in [-0.25, -0.2) is 9.97 Å². The largest absolute Gasteiger partial charge is 0.480 e. The highest BCUT2D eigenvalue weighted by Crippen LogP contribution is 2.17. The molecule has 7 nitrogen and oxygen atoms in total. The zero-order chi connectivity index (χ0) is 17.6. The van der Waals surface area contributed by atoms with E-state index in [0.717, 1.165) is 51.5 Å². The molecule has 3 rings (SSSR count). The highest BCUT2D eigenvalue weighted by atomic mass is 16.5. The van der Waals surface area contributed by atoms with Crippen molar-refractivity contribution in [3.8, 4) is 5.88 Å². The van der Waals surface area contributed by atoms with Crippen LogP contribution < -0.4 is 4.74 Å². The lowest BCUT2D eigenvalue weighted by Crippen LogP contribution is -2.49. The molecule has 1 saturated heterocycles. The van der Waals surface area contributed by atoms with Gasteiger partial charge in [0.25, 0.3) is 5.91 Å². The number of aryl methyl sites for hydroxylation is 1. The van der Waals surface area contributed by atoms with E-state index < -0.39 is 0 Å². The van der Waals surface area contributed by atoms with E-state index in [9.17, 15) is 4.79 Å². The van der Waals surface area contributed by atoms with Gasteiger partial charge in [-0.05, 0) is 12.1 Å². The van der Waals surface area contributed by atoms with E-state index in [2.05, 4.69) is 26.4 Å². The number of imidazole rings is 1. The van der Waals surface area contributed by atoms with Crippen molar-refractivity contribution in [3.05, 3.63) is 42.1 Å². The first kappa shape index (κ1) is 17.4. The number of pyridine rings is 1. The lowest BCUT2D eigenvalue weighted by atomic mass is 10.2. The predicted molar refractivity (Wildman–Crippen MR) is 94.7 cm³/mol. The zero-order valence-corrected chi connectivity index (χ0v) is 14.9. The molecule has 0 atom stereocenters. The Hall–Kier alpha value is -2.41. The number of ether oxygens (including phenoxy) is 1. The fourth-order valence-corrected chi connectivity index (χ4v) is 3.17. The molecule has 0 saturated carbocycles. The van der Waals surface area contributed by atoms with E-state index in [1.807, 2.05) is 17.3 Å². The Kier molecular flexibility index (Phi) is 5.65. The number of amides is 1. The number of rotatable bonds is 6. The van der Waals surface area contributed by atoms with Gasteiger partial charge in [0.2, 0.25) is 5.88 Å². The molecule has 0 aromatic carbocycles. The van der Waals surface area contributed by atoms with Crippen molar-refractivity contribution in [2.24, 2.45) is 0 Å². The number of hydrogen-bond donors (Lipinski definition) is 0. The fraction of sp³-hybridized carbons (Fsp3) is 0.500. The van der Waals surface area contributed by atoms with Crippen LogP contribution in [0, 0.1) is 0 Å². The number of methoxy groups -OCH3 is 1. The van der Waals surface area contributed by atoms with Gasteiger partial charge in [-0.2, -0.15) is 0 Å². The average molecular weight is 343 g/mol. The minimum absolute atomic E-state index is 0.00696. The SMILES string of the molecule is CCc1nccn1CCN1CCN(C(=O)c2cccnc2OC)CC1. The molecule has 25 heavy (non-hydrogen) atoms. The van der Waals surface area contributed by atoms with Gasteiger partial charge in [0.15, 0.2) is 0 Å². The summed E-state index contributed by atoms with van der Waals surface area (Å²) in [5, 5.41) is 0. The van der Waals surface area contributed by atoms with E-state index in [-0.39, 0.29) is 5.91 Å². The molecule has 3 heterocycles.